The van der Waals surface area contributed by atoms with Crippen molar-refractivity contribution < 1.29 is 4.57 Å². The highest BCUT2D eigenvalue weighted by molar-refractivity contribution is 7.66. The van der Waals surface area contributed by atoms with Crippen LogP contribution in [0, 0.1) is 0 Å². The molecule has 0 radical (unpaired) electrons. The van der Waals surface area contributed by atoms with Gasteiger partial charge in [-0.15, -0.1) is 0 Å². The van der Waals surface area contributed by atoms with Gasteiger partial charge in [0.2, 0.25) is 0 Å². The van der Waals surface area contributed by atoms with E-state index in [-0.39, 0.29) is 0 Å². The summed E-state index contributed by atoms with van der Waals surface area (Å²) >= 11 is 0. The van der Waals surface area contributed by atoms with Crippen molar-refractivity contribution >= 4 is 7.14 Å². The molecule has 2 heteroatoms. The van der Waals surface area contributed by atoms with Gasteiger partial charge in [-0.25, -0.2) is 0 Å². The quantitative estimate of drug-likeness (QED) is 0.598. The average molecular weight is 172 g/mol. The molecule has 0 bridgehead atoms. The van der Waals surface area contributed by atoms with Gasteiger partial charge < -0.3 is 4.57 Å². The van der Waals surface area contributed by atoms with Gasteiger partial charge in [-0.05, 0) is 25.7 Å². The largest absolute Gasteiger partial charge is 0.323 e. The highest BCUT2D eigenvalue weighted by Gasteiger charge is 2.51. The van der Waals surface area contributed by atoms with Crippen LogP contribution >= 0.6 is 7.14 Å². The Morgan fingerprint density at radius 2 is 1.45 bits per heavy atom. The zero-order chi connectivity index (χ0) is 8.06. The summed E-state index contributed by atoms with van der Waals surface area (Å²) in [6.07, 6.45) is 5.02. The molecule has 0 heterocycles. The van der Waals surface area contributed by atoms with Crippen LogP contribution in [0.2, 0.25) is 0 Å². The van der Waals surface area contributed by atoms with E-state index in [1.54, 1.807) is 0 Å². The maximum absolute atomic E-state index is 12.4. The van der Waals surface area contributed by atoms with Crippen molar-refractivity contribution in [3.05, 3.63) is 0 Å². The van der Waals surface area contributed by atoms with Crippen LogP contribution in [0.4, 0.5) is 0 Å². The molecule has 2 rings (SSSR count). The predicted molar refractivity (Wildman–Crippen MR) is 48.8 cm³/mol. The predicted octanol–water partition coefficient (Wildman–Crippen LogP) is 3.08. The third-order valence-electron chi connectivity index (χ3n) is 3.04. The molecule has 2 fully saturated rings. The molecule has 2 aliphatic carbocycles. The van der Waals surface area contributed by atoms with Crippen LogP contribution in [0.5, 0.6) is 0 Å². The fourth-order valence-electron chi connectivity index (χ4n) is 2.10. The molecule has 0 saturated heterocycles. The first-order chi connectivity index (χ1) is 5.15. The highest BCUT2D eigenvalue weighted by Crippen LogP contribution is 2.72. The first-order valence-corrected chi connectivity index (χ1v) is 6.66. The van der Waals surface area contributed by atoms with Gasteiger partial charge >= 0.3 is 0 Å². The molecular weight excluding hydrogens is 155 g/mol. The Kier molecular flexibility index (Phi) is 1.68. The standard InChI is InChI=1S/C9H17OP/c1-7(2)11(10,8-3-4-8)9-5-6-9/h7-9H,3-6H2,1-2H3. The summed E-state index contributed by atoms with van der Waals surface area (Å²) in [5.74, 6) is 0. The van der Waals surface area contributed by atoms with E-state index in [9.17, 15) is 4.57 Å². The monoisotopic (exact) mass is 172 g/mol. The van der Waals surface area contributed by atoms with E-state index in [4.69, 9.17) is 0 Å². The van der Waals surface area contributed by atoms with E-state index in [0.29, 0.717) is 17.0 Å². The molecule has 0 aromatic carbocycles. The minimum absolute atomic E-state index is 0.461. The van der Waals surface area contributed by atoms with Crippen molar-refractivity contribution in [3.63, 3.8) is 0 Å². The van der Waals surface area contributed by atoms with Gasteiger partial charge in [-0.3, -0.25) is 0 Å². The lowest BCUT2D eigenvalue weighted by Gasteiger charge is -2.21. The summed E-state index contributed by atoms with van der Waals surface area (Å²) in [6, 6.07) is 0. The molecule has 0 atom stereocenters. The Hall–Kier alpha value is 0.230. The van der Waals surface area contributed by atoms with E-state index >= 15 is 0 Å². The molecule has 2 aliphatic rings. The first kappa shape index (κ1) is 7.86. The summed E-state index contributed by atoms with van der Waals surface area (Å²) in [5, 5.41) is 0. The van der Waals surface area contributed by atoms with E-state index in [1.165, 1.54) is 25.7 Å². The van der Waals surface area contributed by atoms with Crippen molar-refractivity contribution in [1.82, 2.24) is 0 Å². The van der Waals surface area contributed by atoms with Gasteiger partial charge in [-0.1, -0.05) is 13.8 Å². The van der Waals surface area contributed by atoms with Gasteiger partial charge in [0.25, 0.3) is 0 Å². The summed E-state index contributed by atoms with van der Waals surface area (Å²) in [6.45, 7) is 4.30. The maximum Gasteiger partial charge on any atom is 0.0959 e. The normalized spacial score (nSPS) is 26.1. The third kappa shape index (κ3) is 1.18. The van der Waals surface area contributed by atoms with Crippen LogP contribution in [0.25, 0.3) is 0 Å². The Balaban J connectivity index is 2.17. The first-order valence-electron chi connectivity index (χ1n) is 4.74. The van der Waals surface area contributed by atoms with Crippen molar-refractivity contribution in [1.29, 1.82) is 0 Å². The van der Waals surface area contributed by atoms with E-state index in [1.807, 2.05) is 0 Å². The van der Waals surface area contributed by atoms with Crippen molar-refractivity contribution in [2.24, 2.45) is 0 Å². The molecule has 1 nitrogen and oxygen atoms in total. The topological polar surface area (TPSA) is 17.1 Å². The number of rotatable bonds is 3. The highest BCUT2D eigenvalue weighted by atomic mass is 31.2. The maximum atomic E-state index is 12.4. The minimum atomic E-state index is -1.71. The molecule has 2 saturated carbocycles. The van der Waals surface area contributed by atoms with E-state index in [0.717, 1.165) is 0 Å². The summed E-state index contributed by atoms with van der Waals surface area (Å²) in [7, 11) is -1.71. The fourth-order valence-corrected chi connectivity index (χ4v) is 6.29. The molecule has 64 valence electrons. The third-order valence-corrected chi connectivity index (χ3v) is 7.97. The Labute approximate surface area is 68.9 Å². The summed E-state index contributed by atoms with van der Waals surface area (Å²) < 4.78 is 12.4. The second-order valence-corrected chi connectivity index (χ2v) is 8.34. The van der Waals surface area contributed by atoms with Crippen LogP contribution < -0.4 is 0 Å². The van der Waals surface area contributed by atoms with Crippen LogP contribution in [0.3, 0.4) is 0 Å². The van der Waals surface area contributed by atoms with E-state index in [2.05, 4.69) is 13.8 Å². The Morgan fingerprint density at radius 3 is 1.64 bits per heavy atom. The van der Waals surface area contributed by atoms with Crippen molar-refractivity contribution in [3.8, 4) is 0 Å². The van der Waals surface area contributed by atoms with Crippen LogP contribution in [0.15, 0.2) is 0 Å². The lowest BCUT2D eigenvalue weighted by Crippen LogP contribution is -2.06. The second-order valence-electron chi connectivity index (χ2n) is 4.32. The molecule has 0 N–H and O–H groups in total. The summed E-state index contributed by atoms with van der Waals surface area (Å²) in [4.78, 5) is 0. The number of hydrogen-bond donors (Lipinski definition) is 0. The van der Waals surface area contributed by atoms with Crippen molar-refractivity contribution in [2.45, 2.75) is 56.5 Å². The molecule has 0 aromatic rings. The molecule has 11 heavy (non-hydrogen) atoms. The average Bonchev–Trinajstić information content (AvgIpc) is 2.79. The molecule has 0 aromatic heterocycles. The van der Waals surface area contributed by atoms with Crippen molar-refractivity contribution in [2.75, 3.05) is 0 Å². The lowest BCUT2D eigenvalue weighted by atomic mass is 10.6. The lowest BCUT2D eigenvalue weighted by molar-refractivity contribution is 0.566. The van der Waals surface area contributed by atoms with Crippen LogP contribution in [0.1, 0.15) is 39.5 Å². The molecule has 0 aliphatic heterocycles. The van der Waals surface area contributed by atoms with Crippen LogP contribution in [-0.4, -0.2) is 17.0 Å². The van der Waals surface area contributed by atoms with E-state index < -0.39 is 7.14 Å². The summed E-state index contributed by atoms with van der Waals surface area (Å²) in [5.41, 5.74) is 1.76. The zero-order valence-electron chi connectivity index (χ0n) is 7.42. The van der Waals surface area contributed by atoms with Crippen LogP contribution in [-0.2, 0) is 4.57 Å². The van der Waals surface area contributed by atoms with Gasteiger partial charge in [0.1, 0.15) is 0 Å². The van der Waals surface area contributed by atoms with Gasteiger partial charge in [0, 0.05) is 17.0 Å². The number of hydrogen-bond acceptors (Lipinski definition) is 1. The van der Waals surface area contributed by atoms with Gasteiger partial charge in [0.15, 0.2) is 0 Å². The SMILES string of the molecule is CC(C)P(=O)(C1CC1)C1CC1. The minimum Gasteiger partial charge on any atom is -0.323 e. The second kappa shape index (κ2) is 2.36. The van der Waals surface area contributed by atoms with Gasteiger partial charge in [0.05, 0.1) is 7.14 Å². The molecular formula is C9H17OP. The van der Waals surface area contributed by atoms with Gasteiger partial charge in [-0.2, -0.15) is 0 Å². The smallest absolute Gasteiger partial charge is 0.0959 e. The molecule has 0 amide bonds. The Bertz CT molecular complexity index is 177. The Morgan fingerprint density at radius 1 is 1.09 bits per heavy atom. The molecule has 0 spiro atoms. The fraction of sp³-hybridized carbons (Fsp3) is 1.00. The zero-order valence-corrected chi connectivity index (χ0v) is 8.31. The molecule has 0 unspecified atom stereocenters.